The van der Waals surface area contributed by atoms with Gasteiger partial charge in [-0.1, -0.05) is 24.2 Å². The van der Waals surface area contributed by atoms with Gasteiger partial charge < -0.3 is 4.89 Å². The summed E-state index contributed by atoms with van der Waals surface area (Å²) in [6.07, 6.45) is 1.17. The standard InChI is InChI=1S/C19H16ClN2O5PS/c1-3-21(13-5-4-6-14(10-13)22(24)25)19(23)18(28(2,26)27)16-11-29-17-8-7-12(20)9-15(16)17/h3-11,18H,1H2,2H3,(H,26,27). The van der Waals surface area contributed by atoms with Gasteiger partial charge >= 0.3 is 0 Å². The molecular formula is C19H16ClN2O5PS. The minimum Gasteiger partial charge on any atom is -0.344 e. The molecule has 2 aromatic carbocycles. The van der Waals surface area contributed by atoms with Crippen molar-refractivity contribution < 1.29 is 19.2 Å². The van der Waals surface area contributed by atoms with Crippen LogP contribution in [0.4, 0.5) is 11.4 Å². The van der Waals surface area contributed by atoms with E-state index >= 15 is 0 Å². The fraction of sp³-hybridized carbons (Fsp3) is 0.105. The molecule has 0 saturated carbocycles. The number of hydrogen-bond donors (Lipinski definition) is 1. The lowest BCUT2D eigenvalue weighted by Gasteiger charge is -2.26. The van der Waals surface area contributed by atoms with Crippen molar-refractivity contribution in [3.05, 3.63) is 81.3 Å². The number of rotatable bonds is 6. The third kappa shape index (κ3) is 4.26. The number of non-ortho nitro benzene ring substituents is 1. The highest BCUT2D eigenvalue weighted by Gasteiger charge is 2.39. The van der Waals surface area contributed by atoms with Gasteiger partial charge in [-0.05, 0) is 40.6 Å². The molecule has 3 rings (SSSR count). The van der Waals surface area contributed by atoms with Crippen LogP contribution >= 0.6 is 30.3 Å². The van der Waals surface area contributed by atoms with Gasteiger partial charge in [-0.15, -0.1) is 11.3 Å². The first-order chi connectivity index (χ1) is 13.6. The van der Waals surface area contributed by atoms with Gasteiger partial charge in [-0.2, -0.15) is 0 Å². The molecule has 3 aromatic rings. The SMILES string of the molecule is C=CN(C(=O)C(c1csc2ccc(Cl)cc12)P(C)(=O)O)c1cccc([N+](=O)[O-])c1. The second kappa shape index (κ2) is 8.08. The Kier molecular flexibility index (Phi) is 5.91. The second-order valence-corrected chi connectivity index (χ2v) is 10.1. The maximum absolute atomic E-state index is 13.4. The predicted molar refractivity (Wildman–Crippen MR) is 116 cm³/mol. The topological polar surface area (TPSA) is 101 Å². The lowest BCUT2D eigenvalue weighted by molar-refractivity contribution is -0.384. The molecule has 1 heterocycles. The summed E-state index contributed by atoms with van der Waals surface area (Å²) in [5, 5.41) is 13.8. The number of hydrogen-bond acceptors (Lipinski definition) is 5. The minimum atomic E-state index is -3.97. The zero-order valence-electron chi connectivity index (χ0n) is 15.2. The number of thiophene rings is 1. The number of nitro benzene ring substituents is 1. The van der Waals surface area contributed by atoms with Crippen molar-refractivity contribution in [1.29, 1.82) is 0 Å². The maximum Gasteiger partial charge on any atom is 0.271 e. The number of amides is 1. The summed E-state index contributed by atoms with van der Waals surface area (Å²) >= 11 is 7.41. The average Bonchev–Trinajstić information content (AvgIpc) is 3.04. The molecule has 0 aliphatic rings. The summed E-state index contributed by atoms with van der Waals surface area (Å²) in [6.45, 7) is 4.71. The Hall–Kier alpha value is -2.51. The number of nitrogens with zero attached hydrogens (tertiary/aromatic N) is 2. The summed E-state index contributed by atoms with van der Waals surface area (Å²) in [5.74, 6) is -0.714. The quantitative estimate of drug-likeness (QED) is 0.300. The van der Waals surface area contributed by atoms with E-state index in [1.165, 1.54) is 41.8 Å². The number of halogens is 1. The first kappa shape index (κ1) is 21.2. The molecule has 150 valence electrons. The average molecular weight is 451 g/mol. The number of nitro groups is 1. The molecule has 0 radical (unpaired) electrons. The normalized spacial score (nSPS) is 14.2. The summed E-state index contributed by atoms with van der Waals surface area (Å²) < 4.78 is 13.6. The molecule has 1 N–H and O–H groups in total. The first-order valence-corrected chi connectivity index (χ1v) is 11.7. The summed E-state index contributed by atoms with van der Waals surface area (Å²) in [7, 11) is -3.97. The van der Waals surface area contributed by atoms with Gasteiger partial charge in [-0.3, -0.25) is 24.4 Å². The number of anilines is 1. The molecule has 0 saturated heterocycles. The lowest BCUT2D eigenvalue weighted by Crippen LogP contribution is -2.30. The lowest BCUT2D eigenvalue weighted by atomic mass is 10.1. The van der Waals surface area contributed by atoms with Crippen LogP contribution in [0.2, 0.25) is 5.02 Å². The number of carbonyl (C=O) groups is 1. The van der Waals surface area contributed by atoms with E-state index in [9.17, 15) is 24.4 Å². The first-order valence-electron chi connectivity index (χ1n) is 8.30. The van der Waals surface area contributed by atoms with E-state index in [1.807, 2.05) is 0 Å². The molecule has 10 heteroatoms. The minimum absolute atomic E-state index is 0.176. The van der Waals surface area contributed by atoms with Crippen LogP contribution in [0.15, 0.2) is 60.6 Å². The van der Waals surface area contributed by atoms with Gasteiger partial charge in [0.1, 0.15) is 5.66 Å². The largest absolute Gasteiger partial charge is 0.344 e. The molecular weight excluding hydrogens is 435 g/mol. The van der Waals surface area contributed by atoms with Crippen molar-refractivity contribution in [1.82, 2.24) is 0 Å². The molecule has 29 heavy (non-hydrogen) atoms. The Labute approximate surface area is 175 Å². The molecule has 0 bridgehead atoms. The van der Waals surface area contributed by atoms with E-state index in [-0.39, 0.29) is 11.4 Å². The van der Waals surface area contributed by atoms with Gasteiger partial charge in [0.15, 0.2) is 0 Å². The fourth-order valence-corrected chi connectivity index (χ4v) is 5.54. The number of fused-ring (bicyclic) bond motifs is 1. The highest BCUT2D eigenvalue weighted by molar-refractivity contribution is 7.58. The van der Waals surface area contributed by atoms with Crippen LogP contribution in [0.25, 0.3) is 10.1 Å². The van der Waals surface area contributed by atoms with Gasteiger partial charge in [0, 0.05) is 34.7 Å². The number of carbonyl (C=O) groups excluding carboxylic acids is 1. The van der Waals surface area contributed by atoms with Crippen molar-refractivity contribution >= 4 is 57.7 Å². The summed E-state index contributed by atoms with van der Waals surface area (Å²) in [6, 6.07) is 10.5. The smallest absolute Gasteiger partial charge is 0.271 e. The summed E-state index contributed by atoms with van der Waals surface area (Å²) in [5.41, 5.74) is -1.04. The predicted octanol–water partition coefficient (Wildman–Crippen LogP) is 5.58. The Balaban J connectivity index is 2.13. The van der Waals surface area contributed by atoms with E-state index in [0.717, 1.165) is 16.3 Å². The second-order valence-electron chi connectivity index (χ2n) is 6.35. The van der Waals surface area contributed by atoms with E-state index in [1.54, 1.807) is 23.6 Å². The van der Waals surface area contributed by atoms with Crippen molar-refractivity contribution in [3.63, 3.8) is 0 Å². The molecule has 0 spiro atoms. The van der Waals surface area contributed by atoms with E-state index < -0.39 is 23.9 Å². The Morgan fingerprint density at radius 3 is 2.72 bits per heavy atom. The van der Waals surface area contributed by atoms with Crippen molar-refractivity contribution in [2.75, 3.05) is 11.6 Å². The fourth-order valence-electron chi connectivity index (χ4n) is 3.04. The van der Waals surface area contributed by atoms with Crippen LogP contribution in [-0.2, 0) is 9.36 Å². The van der Waals surface area contributed by atoms with Crippen molar-refractivity contribution in [3.8, 4) is 0 Å². The van der Waals surface area contributed by atoms with Crippen LogP contribution in [0, 0.1) is 10.1 Å². The van der Waals surface area contributed by atoms with Crippen molar-refractivity contribution in [2.45, 2.75) is 5.66 Å². The Morgan fingerprint density at radius 2 is 2.10 bits per heavy atom. The molecule has 1 amide bonds. The molecule has 1 aromatic heterocycles. The molecule has 2 atom stereocenters. The van der Waals surface area contributed by atoms with Gasteiger partial charge in [0.25, 0.3) is 5.69 Å². The van der Waals surface area contributed by atoms with E-state index in [2.05, 4.69) is 6.58 Å². The molecule has 0 aliphatic carbocycles. The molecule has 2 unspecified atom stereocenters. The van der Waals surface area contributed by atoms with Gasteiger partial charge in [0.2, 0.25) is 13.3 Å². The molecule has 0 fully saturated rings. The van der Waals surface area contributed by atoms with Crippen LogP contribution < -0.4 is 4.90 Å². The van der Waals surface area contributed by atoms with Crippen LogP contribution in [0.5, 0.6) is 0 Å². The highest BCUT2D eigenvalue weighted by Crippen LogP contribution is 2.55. The maximum atomic E-state index is 13.4. The van der Waals surface area contributed by atoms with Crippen LogP contribution in [0.1, 0.15) is 11.2 Å². The van der Waals surface area contributed by atoms with Gasteiger partial charge in [-0.25, -0.2) is 0 Å². The third-order valence-electron chi connectivity index (χ3n) is 4.31. The van der Waals surface area contributed by atoms with Crippen molar-refractivity contribution in [2.24, 2.45) is 0 Å². The third-order valence-corrected chi connectivity index (χ3v) is 6.99. The zero-order valence-corrected chi connectivity index (χ0v) is 17.7. The Morgan fingerprint density at radius 1 is 1.38 bits per heavy atom. The monoisotopic (exact) mass is 450 g/mol. The Bertz CT molecular complexity index is 1170. The van der Waals surface area contributed by atoms with E-state index in [4.69, 9.17) is 11.6 Å². The van der Waals surface area contributed by atoms with Crippen LogP contribution in [-0.4, -0.2) is 22.4 Å². The molecule has 0 aliphatic heterocycles. The highest BCUT2D eigenvalue weighted by atomic mass is 35.5. The molecule has 7 nitrogen and oxygen atoms in total. The van der Waals surface area contributed by atoms with E-state index in [0.29, 0.717) is 16.0 Å². The van der Waals surface area contributed by atoms with Gasteiger partial charge in [0.05, 0.1) is 10.6 Å². The van der Waals surface area contributed by atoms with Crippen LogP contribution in [0.3, 0.4) is 0 Å². The number of benzene rings is 2. The zero-order chi connectivity index (χ0) is 21.3. The summed E-state index contributed by atoms with van der Waals surface area (Å²) in [4.78, 5) is 35.3.